The Hall–Kier alpha value is -0.120. The van der Waals surface area contributed by atoms with Crippen LogP contribution >= 0.6 is 0 Å². The second kappa shape index (κ2) is 14.5. The zero-order valence-corrected chi connectivity index (χ0v) is 16.1. The number of hydrogen-bond acceptors (Lipinski definition) is 3. The molecule has 134 valence electrons. The fourth-order valence-corrected chi connectivity index (χ4v) is 2.97. The number of rotatable bonds is 4. The maximum atomic E-state index is 5.71. The largest absolute Gasteiger partial charge is 0.379 e. The minimum atomic E-state index is 0.392. The molecule has 0 atom stereocenters. The van der Waals surface area contributed by atoms with E-state index in [1.807, 2.05) is 13.8 Å². The van der Waals surface area contributed by atoms with E-state index in [0.29, 0.717) is 18.3 Å². The van der Waals surface area contributed by atoms with Crippen LogP contribution in [0.3, 0.4) is 0 Å². The molecular formula is C19H41NO2. The van der Waals surface area contributed by atoms with Crippen LogP contribution in [0, 0.1) is 0 Å². The normalized spacial score (nSPS) is 20.9. The lowest BCUT2D eigenvalue weighted by molar-refractivity contribution is -0.0232. The van der Waals surface area contributed by atoms with Gasteiger partial charge < -0.3 is 14.4 Å². The van der Waals surface area contributed by atoms with Crippen molar-refractivity contribution in [3.63, 3.8) is 0 Å². The molecule has 1 saturated heterocycles. The zero-order valence-electron chi connectivity index (χ0n) is 16.1. The van der Waals surface area contributed by atoms with Crippen LogP contribution in [0.5, 0.6) is 0 Å². The van der Waals surface area contributed by atoms with E-state index < -0.39 is 0 Å². The van der Waals surface area contributed by atoms with E-state index in [0.717, 1.165) is 6.61 Å². The quantitative estimate of drug-likeness (QED) is 0.737. The molecule has 1 aliphatic heterocycles. The van der Waals surface area contributed by atoms with Gasteiger partial charge in [-0.25, -0.2) is 0 Å². The van der Waals surface area contributed by atoms with Gasteiger partial charge in [0.2, 0.25) is 0 Å². The van der Waals surface area contributed by atoms with E-state index in [2.05, 4.69) is 32.7 Å². The monoisotopic (exact) mass is 315 g/mol. The van der Waals surface area contributed by atoms with Gasteiger partial charge in [-0.2, -0.15) is 0 Å². The average molecular weight is 316 g/mol. The summed E-state index contributed by atoms with van der Waals surface area (Å²) >= 11 is 0. The SMILES string of the molecule is CC.CC(C)OC1CCN(C)CC1.CCOC1CCCCC1. The highest BCUT2D eigenvalue weighted by Gasteiger charge is 2.17. The van der Waals surface area contributed by atoms with E-state index >= 15 is 0 Å². The van der Waals surface area contributed by atoms with Crippen LogP contribution in [-0.4, -0.2) is 50.0 Å². The fourth-order valence-electron chi connectivity index (χ4n) is 2.97. The van der Waals surface area contributed by atoms with E-state index in [1.165, 1.54) is 58.0 Å². The molecule has 0 aromatic heterocycles. The Kier molecular flexibility index (Phi) is 14.4. The van der Waals surface area contributed by atoms with Crippen LogP contribution in [0.1, 0.15) is 79.6 Å². The van der Waals surface area contributed by atoms with Crippen molar-refractivity contribution in [2.75, 3.05) is 26.7 Å². The van der Waals surface area contributed by atoms with Crippen molar-refractivity contribution >= 4 is 0 Å². The van der Waals surface area contributed by atoms with Gasteiger partial charge in [0.1, 0.15) is 0 Å². The third kappa shape index (κ3) is 11.4. The van der Waals surface area contributed by atoms with Gasteiger partial charge >= 0.3 is 0 Å². The molecule has 0 bridgehead atoms. The summed E-state index contributed by atoms with van der Waals surface area (Å²) in [5.41, 5.74) is 0. The molecule has 2 fully saturated rings. The van der Waals surface area contributed by atoms with Crippen molar-refractivity contribution < 1.29 is 9.47 Å². The Balaban J connectivity index is 0.000000366. The summed E-state index contributed by atoms with van der Waals surface area (Å²) in [4.78, 5) is 2.36. The number of nitrogens with zero attached hydrogens (tertiary/aromatic N) is 1. The molecule has 3 nitrogen and oxygen atoms in total. The van der Waals surface area contributed by atoms with E-state index in [4.69, 9.17) is 9.47 Å². The Morgan fingerprint density at radius 1 is 0.909 bits per heavy atom. The molecule has 0 amide bonds. The third-order valence-corrected chi connectivity index (χ3v) is 4.08. The number of likely N-dealkylation sites (tertiary alicyclic amines) is 1. The third-order valence-electron chi connectivity index (χ3n) is 4.08. The van der Waals surface area contributed by atoms with Crippen LogP contribution in [0.2, 0.25) is 0 Å². The summed E-state index contributed by atoms with van der Waals surface area (Å²) in [5.74, 6) is 0. The maximum absolute atomic E-state index is 5.71. The van der Waals surface area contributed by atoms with Crippen LogP contribution in [-0.2, 0) is 9.47 Å². The first-order valence-corrected chi connectivity index (χ1v) is 9.57. The number of piperidine rings is 1. The molecule has 0 aromatic rings. The van der Waals surface area contributed by atoms with Crippen molar-refractivity contribution in [3.8, 4) is 0 Å². The molecule has 22 heavy (non-hydrogen) atoms. The van der Waals surface area contributed by atoms with Crippen molar-refractivity contribution in [3.05, 3.63) is 0 Å². The van der Waals surface area contributed by atoms with Crippen LogP contribution in [0.25, 0.3) is 0 Å². The van der Waals surface area contributed by atoms with Gasteiger partial charge in [-0.1, -0.05) is 33.1 Å². The molecule has 1 aliphatic carbocycles. The van der Waals surface area contributed by atoms with E-state index in [1.54, 1.807) is 0 Å². The summed E-state index contributed by atoms with van der Waals surface area (Å²) in [6, 6.07) is 0. The van der Waals surface area contributed by atoms with Gasteiger partial charge in [0.15, 0.2) is 0 Å². The molecule has 0 radical (unpaired) electrons. The van der Waals surface area contributed by atoms with Crippen molar-refractivity contribution in [1.29, 1.82) is 0 Å². The van der Waals surface area contributed by atoms with Gasteiger partial charge in [-0.15, -0.1) is 0 Å². The Labute approximate surface area is 139 Å². The minimum absolute atomic E-state index is 0.392. The van der Waals surface area contributed by atoms with Crippen LogP contribution < -0.4 is 0 Å². The number of ether oxygens (including phenoxy) is 2. The molecule has 0 aromatic carbocycles. The van der Waals surface area contributed by atoms with Crippen LogP contribution in [0.4, 0.5) is 0 Å². The van der Waals surface area contributed by atoms with Gasteiger partial charge in [-0.05, 0) is 53.5 Å². The molecule has 3 heteroatoms. The van der Waals surface area contributed by atoms with E-state index in [-0.39, 0.29) is 0 Å². The highest BCUT2D eigenvalue weighted by atomic mass is 16.5. The Morgan fingerprint density at radius 3 is 1.91 bits per heavy atom. The summed E-state index contributed by atoms with van der Waals surface area (Å²) in [6.45, 7) is 13.6. The molecular weight excluding hydrogens is 274 g/mol. The molecule has 0 unspecified atom stereocenters. The molecule has 2 aliphatic rings. The Morgan fingerprint density at radius 2 is 1.45 bits per heavy atom. The summed E-state index contributed by atoms with van der Waals surface area (Å²) < 4.78 is 11.2. The van der Waals surface area contributed by atoms with Gasteiger partial charge in [0, 0.05) is 19.7 Å². The van der Waals surface area contributed by atoms with Crippen molar-refractivity contribution in [1.82, 2.24) is 4.90 Å². The fraction of sp³-hybridized carbons (Fsp3) is 1.00. The first-order valence-electron chi connectivity index (χ1n) is 9.57. The highest BCUT2D eigenvalue weighted by Crippen LogP contribution is 2.19. The molecule has 0 N–H and O–H groups in total. The first kappa shape index (κ1) is 21.9. The van der Waals surface area contributed by atoms with Gasteiger partial charge in [-0.3, -0.25) is 0 Å². The van der Waals surface area contributed by atoms with Crippen molar-refractivity contribution in [2.45, 2.75) is 97.9 Å². The first-order chi connectivity index (χ1) is 10.6. The summed E-state index contributed by atoms with van der Waals surface area (Å²) in [6.07, 6.45) is 10.7. The predicted octanol–water partition coefficient (Wildman–Crippen LogP) is 4.89. The van der Waals surface area contributed by atoms with E-state index in [9.17, 15) is 0 Å². The lowest BCUT2D eigenvalue weighted by Crippen LogP contribution is -2.35. The summed E-state index contributed by atoms with van der Waals surface area (Å²) in [7, 11) is 2.17. The second-order valence-corrected chi connectivity index (χ2v) is 6.40. The lowest BCUT2D eigenvalue weighted by atomic mass is 9.98. The molecule has 0 spiro atoms. The minimum Gasteiger partial charge on any atom is -0.379 e. The van der Waals surface area contributed by atoms with Crippen LogP contribution in [0.15, 0.2) is 0 Å². The molecule has 1 saturated carbocycles. The smallest absolute Gasteiger partial charge is 0.0603 e. The molecule has 1 heterocycles. The highest BCUT2D eigenvalue weighted by molar-refractivity contribution is 4.70. The Bertz CT molecular complexity index is 217. The molecule has 2 rings (SSSR count). The number of hydrogen-bond donors (Lipinski definition) is 0. The van der Waals surface area contributed by atoms with Gasteiger partial charge in [0.25, 0.3) is 0 Å². The van der Waals surface area contributed by atoms with Gasteiger partial charge in [0.05, 0.1) is 18.3 Å². The summed E-state index contributed by atoms with van der Waals surface area (Å²) in [5, 5.41) is 0. The average Bonchev–Trinajstić information content (AvgIpc) is 2.53. The van der Waals surface area contributed by atoms with Crippen molar-refractivity contribution in [2.24, 2.45) is 0 Å². The zero-order chi connectivity index (χ0) is 16.8. The lowest BCUT2D eigenvalue weighted by Gasteiger charge is -2.30. The topological polar surface area (TPSA) is 21.7 Å². The standard InChI is InChI=1S/C9H19NO.C8H16O.C2H6/c1-8(2)11-9-4-6-10(3)7-5-9;1-2-9-8-6-4-3-5-7-8;1-2/h8-9H,4-7H2,1-3H3;8H,2-7H2,1H3;1-2H3. The predicted molar refractivity (Wildman–Crippen MR) is 96.6 cm³/mol. The maximum Gasteiger partial charge on any atom is 0.0603 e. The second-order valence-electron chi connectivity index (χ2n) is 6.40.